The van der Waals surface area contributed by atoms with Gasteiger partial charge >= 0.3 is 0 Å². The van der Waals surface area contributed by atoms with E-state index in [4.69, 9.17) is 4.74 Å². The van der Waals surface area contributed by atoms with E-state index >= 15 is 0 Å². The van der Waals surface area contributed by atoms with E-state index in [1.54, 1.807) is 0 Å². The molecule has 1 aromatic carbocycles. The molecule has 0 saturated carbocycles. The van der Waals surface area contributed by atoms with Crippen molar-refractivity contribution in [1.82, 2.24) is 5.32 Å². The molecular weight excluding hydrogens is 224 g/mol. The van der Waals surface area contributed by atoms with Crippen molar-refractivity contribution in [2.24, 2.45) is 5.92 Å². The summed E-state index contributed by atoms with van der Waals surface area (Å²) in [5.74, 6) is 1.58. The van der Waals surface area contributed by atoms with Crippen LogP contribution in [-0.4, -0.2) is 26.2 Å². The van der Waals surface area contributed by atoms with Crippen molar-refractivity contribution in [1.29, 1.82) is 0 Å². The Kier molecular flexibility index (Phi) is 6.58. The van der Waals surface area contributed by atoms with Crippen molar-refractivity contribution in [3.8, 4) is 5.75 Å². The minimum absolute atomic E-state index is 0.201. The van der Waals surface area contributed by atoms with Crippen LogP contribution in [0.2, 0.25) is 0 Å². The Morgan fingerprint density at radius 3 is 2.50 bits per heavy atom. The van der Waals surface area contributed by atoms with E-state index in [2.05, 4.69) is 23.6 Å². The van der Waals surface area contributed by atoms with Crippen molar-refractivity contribution < 1.29 is 4.74 Å². The monoisotopic (exact) mass is 250 g/mol. The molecule has 3 nitrogen and oxygen atoms in total. The third kappa shape index (κ3) is 4.96. The van der Waals surface area contributed by atoms with Crippen molar-refractivity contribution >= 4 is 5.69 Å². The second-order valence-corrected chi connectivity index (χ2v) is 4.88. The van der Waals surface area contributed by atoms with E-state index in [0.29, 0.717) is 5.92 Å². The molecule has 0 aliphatic carbocycles. The Labute approximate surface area is 111 Å². The SMILES string of the molecule is CCC(CNC)CNc1ccccc1OC(C)C. The van der Waals surface area contributed by atoms with Gasteiger partial charge in [-0.2, -0.15) is 0 Å². The number of hydrogen-bond acceptors (Lipinski definition) is 3. The first-order chi connectivity index (χ1) is 8.67. The number of anilines is 1. The molecular formula is C15H26N2O. The number of hydrogen-bond donors (Lipinski definition) is 2. The van der Waals surface area contributed by atoms with Gasteiger partial charge in [0.05, 0.1) is 11.8 Å². The first-order valence-corrected chi connectivity index (χ1v) is 6.81. The Bertz CT molecular complexity index is 339. The third-order valence-corrected chi connectivity index (χ3v) is 2.90. The van der Waals surface area contributed by atoms with Crippen molar-refractivity contribution in [3.05, 3.63) is 24.3 Å². The number of rotatable bonds is 8. The second-order valence-electron chi connectivity index (χ2n) is 4.88. The molecule has 0 radical (unpaired) electrons. The molecule has 0 spiro atoms. The second kappa shape index (κ2) is 7.98. The van der Waals surface area contributed by atoms with Crippen LogP contribution in [0.4, 0.5) is 5.69 Å². The summed E-state index contributed by atoms with van der Waals surface area (Å²) in [6, 6.07) is 8.13. The van der Waals surface area contributed by atoms with Crippen LogP contribution in [-0.2, 0) is 0 Å². The van der Waals surface area contributed by atoms with Crippen LogP contribution in [0.25, 0.3) is 0 Å². The highest BCUT2D eigenvalue weighted by molar-refractivity contribution is 5.56. The lowest BCUT2D eigenvalue weighted by molar-refractivity contribution is 0.243. The van der Waals surface area contributed by atoms with Crippen LogP contribution in [0.5, 0.6) is 5.75 Å². The maximum Gasteiger partial charge on any atom is 0.142 e. The van der Waals surface area contributed by atoms with E-state index in [0.717, 1.165) is 24.5 Å². The van der Waals surface area contributed by atoms with Crippen LogP contribution >= 0.6 is 0 Å². The van der Waals surface area contributed by atoms with Crippen LogP contribution in [0, 0.1) is 5.92 Å². The van der Waals surface area contributed by atoms with Crippen molar-refractivity contribution in [3.63, 3.8) is 0 Å². The van der Waals surface area contributed by atoms with Gasteiger partial charge in [0.25, 0.3) is 0 Å². The molecule has 0 heterocycles. The van der Waals surface area contributed by atoms with Crippen molar-refractivity contribution in [2.45, 2.75) is 33.3 Å². The smallest absolute Gasteiger partial charge is 0.142 e. The first kappa shape index (κ1) is 14.8. The van der Waals surface area contributed by atoms with E-state index in [1.165, 1.54) is 6.42 Å². The minimum atomic E-state index is 0.201. The molecule has 1 rings (SSSR count). The molecule has 102 valence electrons. The standard InChI is InChI=1S/C15H26N2O/c1-5-13(10-16-4)11-17-14-8-6-7-9-15(14)18-12(2)3/h6-9,12-13,16-17H,5,10-11H2,1-4H3. The zero-order chi connectivity index (χ0) is 13.4. The van der Waals surface area contributed by atoms with Gasteiger partial charge in [0, 0.05) is 6.54 Å². The molecule has 0 aromatic heterocycles. The summed E-state index contributed by atoms with van der Waals surface area (Å²) in [6.45, 7) is 8.33. The maximum absolute atomic E-state index is 5.79. The molecule has 0 amide bonds. The van der Waals surface area contributed by atoms with E-state index in [1.807, 2.05) is 39.1 Å². The molecule has 1 unspecified atom stereocenters. The fourth-order valence-electron chi connectivity index (χ4n) is 1.87. The highest BCUT2D eigenvalue weighted by atomic mass is 16.5. The lowest BCUT2D eigenvalue weighted by Crippen LogP contribution is -2.25. The van der Waals surface area contributed by atoms with Crippen LogP contribution in [0.1, 0.15) is 27.2 Å². The summed E-state index contributed by atoms with van der Waals surface area (Å²) in [4.78, 5) is 0. The topological polar surface area (TPSA) is 33.3 Å². The lowest BCUT2D eigenvalue weighted by Gasteiger charge is -2.19. The quantitative estimate of drug-likeness (QED) is 0.743. The number of benzene rings is 1. The summed E-state index contributed by atoms with van der Waals surface area (Å²) in [5, 5.41) is 6.72. The molecule has 1 atom stereocenters. The zero-order valence-electron chi connectivity index (χ0n) is 12.0. The third-order valence-electron chi connectivity index (χ3n) is 2.90. The van der Waals surface area contributed by atoms with E-state index in [9.17, 15) is 0 Å². The predicted octanol–water partition coefficient (Wildman–Crippen LogP) is 3.13. The highest BCUT2D eigenvalue weighted by Gasteiger charge is 2.08. The lowest BCUT2D eigenvalue weighted by atomic mass is 10.1. The van der Waals surface area contributed by atoms with E-state index < -0.39 is 0 Å². The average molecular weight is 250 g/mol. The Hall–Kier alpha value is -1.22. The fraction of sp³-hybridized carbons (Fsp3) is 0.600. The minimum Gasteiger partial charge on any atom is -0.489 e. The van der Waals surface area contributed by atoms with Gasteiger partial charge in [0.15, 0.2) is 0 Å². The first-order valence-electron chi connectivity index (χ1n) is 6.81. The highest BCUT2D eigenvalue weighted by Crippen LogP contribution is 2.25. The van der Waals surface area contributed by atoms with Gasteiger partial charge in [-0.15, -0.1) is 0 Å². The molecule has 0 bridgehead atoms. The number of para-hydroxylation sites is 2. The van der Waals surface area contributed by atoms with E-state index in [-0.39, 0.29) is 6.10 Å². The Morgan fingerprint density at radius 2 is 1.89 bits per heavy atom. The van der Waals surface area contributed by atoms with Gasteiger partial charge in [-0.3, -0.25) is 0 Å². The summed E-state index contributed by atoms with van der Waals surface area (Å²) >= 11 is 0. The van der Waals surface area contributed by atoms with Gasteiger partial charge in [-0.1, -0.05) is 25.5 Å². The van der Waals surface area contributed by atoms with Crippen LogP contribution in [0.15, 0.2) is 24.3 Å². The number of ether oxygens (including phenoxy) is 1. The molecule has 1 aromatic rings. The largest absolute Gasteiger partial charge is 0.489 e. The van der Waals surface area contributed by atoms with Gasteiger partial charge in [-0.25, -0.2) is 0 Å². The normalized spacial score (nSPS) is 12.5. The zero-order valence-corrected chi connectivity index (χ0v) is 12.0. The molecule has 0 saturated heterocycles. The molecule has 0 fully saturated rings. The van der Waals surface area contributed by atoms with Gasteiger partial charge in [0.2, 0.25) is 0 Å². The number of nitrogens with one attached hydrogen (secondary N) is 2. The molecule has 0 aliphatic rings. The molecule has 0 aliphatic heterocycles. The summed E-state index contributed by atoms with van der Waals surface area (Å²) in [5.41, 5.74) is 1.08. The summed E-state index contributed by atoms with van der Waals surface area (Å²) in [7, 11) is 2.00. The Morgan fingerprint density at radius 1 is 1.17 bits per heavy atom. The van der Waals surface area contributed by atoms with Gasteiger partial charge < -0.3 is 15.4 Å². The Balaban J connectivity index is 2.60. The van der Waals surface area contributed by atoms with Gasteiger partial charge in [0.1, 0.15) is 5.75 Å². The average Bonchev–Trinajstić information content (AvgIpc) is 2.35. The van der Waals surface area contributed by atoms with Gasteiger partial charge in [-0.05, 0) is 45.5 Å². The maximum atomic E-state index is 5.79. The molecule has 3 heteroatoms. The van der Waals surface area contributed by atoms with Crippen LogP contribution in [0.3, 0.4) is 0 Å². The summed E-state index contributed by atoms with van der Waals surface area (Å²) < 4.78 is 5.79. The molecule has 2 N–H and O–H groups in total. The molecule has 18 heavy (non-hydrogen) atoms. The van der Waals surface area contributed by atoms with Crippen molar-refractivity contribution in [2.75, 3.05) is 25.5 Å². The summed E-state index contributed by atoms with van der Waals surface area (Å²) in [6.07, 6.45) is 1.37. The fourth-order valence-corrected chi connectivity index (χ4v) is 1.87. The predicted molar refractivity (Wildman–Crippen MR) is 78.4 cm³/mol. The van der Waals surface area contributed by atoms with Crippen LogP contribution < -0.4 is 15.4 Å².